The van der Waals surface area contributed by atoms with Crippen molar-refractivity contribution >= 4 is 16.7 Å². The number of thiol groups is 1. The molecular formula is C10H12OS. The Balaban J connectivity index is 2.55. The van der Waals surface area contributed by atoms with Gasteiger partial charge in [0.2, 0.25) is 0 Å². The van der Waals surface area contributed by atoms with Crippen LogP contribution in [0.1, 0.15) is 16.8 Å². The molecule has 0 saturated carbocycles. The first kappa shape index (κ1) is 7.87. The summed E-state index contributed by atoms with van der Waals surface area (Å²) in [4.78, 5) is 12.7. The van der Waals surface area contributed by atoms with Crippen molar-refractivity contribution < 1.29 is 4.79 Å². The Hall–Kier alpha value is -0.760. The van der Waals surface area contributed by atoms with E-state index in [0.717, 1.165) is 17.7 Å². The first-order valence-electron chi connectivity index (χ1n) is 4.12. The van der Waals surface area contributed by atoms with E-state index in [1.807, 2.05) is 18.2 Å². The van der Waals surface area contributed by atoms with E-state index in [1.165, 1.54) is 4.90 Å². The lowest BCUT2D eigenvalue weighted by Gasteiger charge is -2.23. The van der Waals surface area contributed by atoms with E-state index in [1.54, 1.807) is 0 Å². The summed E-state index contributed by atoms with van der Waals surface area (Å²) in [6.07, 6.45) is 3.00. The Labute approximate surface area is 75.1 Å². The zero-order valence-electron chi connectivity index (χ0n) is 7.08. The molecule has 1 unspecified atom stereocenters. The quantitative estimate of drug-likeness (QED) is 0.606. The van der Waals surface area contributed by atoms with E-state index in [-0.39, 0.29) is 10.9 Å². The summed E-state index contributed by atoms with van der Waals surface area (Å²) in [6.45, 7) is 0. The zero-order chi connectivity index (χ0) is 8.55. The van der Waals surface area contributed by atoms with Gasteiger partial charge in [0, 0.05) is 12.0 Å². The number of carbonyl (C=O) groups excluding carboxylic acids is 1. The van der Waals surface area contributed by atoms with Gasteiger partial charge in [-0.05, 0) is 23.0 Å². The zero-order valence-corrected chi connectivity index (χ0v) is 7.97. The van der Waals surface area contributed by atoms with Crippen LogP contribution in [0, 0.1) is 0 Å². The van der Waals surface area contributed by atoms with Crippen LogP contribution in [0.25, 0.3) is 0 Å². The third-order valence-electron chi connectivity index (χ3n) is 2.29. The molecule has 2 rings (SSSR count). The fourth-order valence-electron chi connectivity index (χ4n) is 1.57. The Morgan fingerprint density at radius 1 is 1.33 bits per heavy atom. The van der Waals surface area contributed by atoms with Crippen LogP contribution >= 0.6 is 10.9 Å². The summed E-state index contributed by atoms with van der Waals surface area (Å²) in [6, 6.07) is 8.02. The Morgan fingerprint density at radius 3 is 2.83 bits per heavy atom. The Bertz CT molecular complexity index is 319. The fraction of sp³-hybridized carbons (Fsp3) is 0.300. The minimum Gasteiger partial charge on any atom is -0.294 e. The van der Waals surface area contributed by atoms with E-state index in [9.17, 15) is 4.79 Å². The predicted octanol–water partition coefficient (Wildman–Crippen LogP) is 2.26. The van der Waals surface area contributed by atoms with Crippen molar-refractivity contribution in [1.82, 2.24) is 0 Å². The van der Waals surface area contributed by atoms with Crippen LogP contribution in [-0.4, -0.2) is 17.8 Å². The smallest absolute Gasteiger partial charge is 0.164 e. The van der Waals surface area contributed by atoms with Gasteiger partial charge in [0.1, 0.15) is 0 Å². The second kappa shape index (κ2) is 2.94. The number of ketones is 1. The van der Waals surface area contributed by atoms with Crippen molar-refractivity contribution in [2.75, 3.05) is 12.0 Å². The molecule has 1 aliphatic heterocycles. The van der Waals surface area contributed by atoms with Gasteiger partial charge in [0.05, 0.1) is 0 Å². The molecule has 0 saturated heterocycles. The molecule has 0 radical (unpaired) electrons. The highest BCUT2D eigenvalue weighted by Gasteiger charge is 2.19. The fourth-order valence-corrected chi connectivity index (χ4v) is 3.30. The van der Waals surface area contributed by atoms with Gasteiger partial charge in [-0.1, -0.05) is 18.2 Å². The van der Waals surface area contributed by atoms with Crippen LogP contribution in [0.2, 0.25) is 0 Å². The first-order chi connectivity index (χ1) is 5.79. The van der Waals surface area contributed by atoms with Gasteiger partial charge in [-0.3, -0.25) is 4.79 Å². The summed E-state index contributed by atoms with van der Waals surface area (Å²) in [5.74, 6) is 1.40. The minimum atomic E-state index is -0.0549. The maximum atomic E-state index is 11.4. The summed E-state index contributed by atoms with van der Waals surface area (Å²) < 4.78 is 0. The van der Waals surface area contributed by atoms with Crippen molar-refractivity contribution in [2.24, 2.45) is 0 Å². The standard InChI is InChI=1S/C10H12OS/c1-12-7-6-9(11)8-4-2-3-5-10(8)12/h2-5,12H,6-7H2,1H3. The number of hydrogen-bond donors (Lipinski definition) is 1. The van der Waals surface area contributed by atoms with Crippen molar-refractivity contribution in [2.45, 2.75) is 11.3 Å². The van der Waals surface area contributed by atoms with Crippen LogP contribution in [0.4, 0.5) is 0 Å². The van der Waals surface area contributed by atoms with Gasteiger partial charge in [-0.15, -0.1) is 0 Å². The molecular weight excluding hydrogens is 168 g/mol. The van der Waals surface area contributed by atoms with Gasteiger partial charge in [-0.25, -0.2) is 10.9 Å². The molecule has 2 heteroatoms. The molecule has 1 nitrogen and oxygen atoms in total. The van der Waals surface area contributed by atoms with Crippen LogP contribution in [-0.2, 0) is 0 Å². The molecule has 1 atom stereocenters. The largest absolute Gasteiger partial charge is 0.294 e. The lowest BCUT2D eigenvalue weighted by Crippen LogP contribution is -2.11. The van der Waals surface area contributed by atoms with E-state index < -0.39 is 0 Å². The first-order valence-corrected chi connectivity index (χ1v) is 6.10. The number of benzene rings is 1. The predicted molar refractivity (Wildman–Crippen MR) is 53.4 cm³/mol. The van der Waals surface area contributed by atoms with Gasteiger partial charge in [0.25, 0.3) is 0 Å². The molecule has 0 aromatic heterocycles. The highest BCUT2D eigenvalue weighted by atomic mass is 32.2. The van der Waals surface area contributed by atoms with Gasteiger partial charge < -0.3 is 0 Å². The maximum Gasteiger partial charge on any atom is 0.164 e. The van der Waals surface area contributed by atoms with Crippen molar-refractivity contribution in [3.05, 3.63) is 29.8 Å². The molecule has 1 heterocycles. The highest BCUT2D eigenvalue weighted by Crippen LogP contribution is 2.39. The number of carbonyl (C=O) groups is 1. The molecule has 0 N–H and O–H groups in total. The number of fused-ring (bicyclic) bond motifs is 1. The Kier molecular flexibility index (Phi) is 1.93. The molecule has 0 amide bonds. The monoisotopic (exact) mass is 180 g/mol. The summed E-state index contributed by atoms with van der Waals surface area (Å²) in [5.41, 5.74) is 0.970. The average Bonchev–Trinajstić information content (AvgIpc) is 2.12. The van der Waals surface area contributed by atoms with Crippen LogP contribution in [0.15, 0.2) is 29.2 Å². The molecule has 12 heavy (non-hydrogen) atoms. The summed E-state index contributed by atoms with van der Waals surface area (Å²) in [5, 5.41) is 0. The lowest BCUT2D eigenvalue weighted by atomic mass is 10.1. The number of rotatable bonds is 0. The lowest BCUT2D eigenvalue weighted by molar-refractivity contribution is 0.0984. The van der Waals surface area contributed by atoms with E-state index >= 15 is 0 Å². The number of hydrogen-bond acceptors (Lipinski definition) is 1. The van der Waals surface area contributed by atoms with Gasteiger partial charge in [0.15, 0.2) is 5.78 Å². The third-order valence-corrected chi connectivity index (χ3v) is 4.40. The van der Waals surface area contributed by atoms with Crippen LogP contribution in [0.3, 0.4) is 0 Å². The highest BCUT2D eigenvalue weighted by molar-refractivity contribution is 8.16. The molecule has 0 fully saturated rings. The van der Waals surface area contributed by atoms with E-state index in [4.69, 9.17) is 0 Å². The maximum absolute atomic E-state index is 11.4. The normalized spacial score (nSPS) is 25.1. The van der Waals surface area contributed by atoms with E-state index in [0.29, 0.717) is 5.78 Å². The van der Waals surface area contributed by atoms with Crippen LogP contribution in [0.5, 0.6) is 0 Å². The summed E-state index contributed by atoms with van der Waals surface area (Å²) >= 11 is 0. The second-order valence-corrected chi connectivity index (χ2v) is 5.44. The van der Waals surface area contributed by atoms with Gasteiger partial charge >= 0.3 is 0 Å². The summed E-state index contributed by atoms with van der Waals surface area (Å²) in [7, 11) is -0.0549. The molecule has 64 valence electrons. The molecule has 0 bridgehead atoms. The second-order valence-electron chi connectivity index (χ2n) is 3.11. The molecule has 1 aromatic rings. The third kappa shape index (κ3) is 1.16. The molecule has 1 aliphatic rings. The van der Waals surface area contributed by atoms with Crippen LogP contribution < -0.4 is 0 Å². The Morgan fingerprint density at radius 2 is 2.08 bits per heavy atom. The topological polar surface area (TPSA) is 17.1 Å². The molecule has 0 aliphatic carbocycles. The van der Waals surface area contributed by atoms with Crippen molar-refractivity contribution in [3.8, 4) is 0 Å². The van der Waals surface area contributed by atoms with E-state index in [2.05, 4.69) is 12.3 Å². The SMILES string of the molecule is C[SH]1CCC(=O)c2ccccc21. The molecule has 0 spiro atoms. The minimum absolute atomic E-state index is 0.0549. The average molecular weight is 180 g/mol. The number of Topliss-reactive ketones (excluding diaryl/α,β-unsaturated/α-hetero) is 1. The van der Waals surface area contributed by atoms with Gasteiger partial charge in [-0.2, -0.15) is 0 Å². The van der Waals surface area contributed by atoms with Crippen molar-refractivity contribution in [1.29, 1.82) is 0 Å². The molecule has 1 aromatic carbocycles. The van der Waals surface area contributed by atoms with Crippen molar-refractivity contribution in [3.63, 3.8) is 0 Å².